The Bertz CT molecular complexity index is 1820. The number of fused-ring (bicyclic) bond motifs is 2. The third-order valence-electron chi connectivity index (χ3n) is 7.15. The SMILES string of the molecule is C=CC(=O)Nc1ccc(C(=O)N2CC[C@@H](Nc3cc4c(-c5c[nH]c6ccccc56)c(C#N)cnc4cn3)C2)cc1. The molecule has 1 saturated heterocycles. The van der Waals surface area contributed by atoms with E-state index in [0.29, 0.717) is 41.2 Å². The number of benzene rings is 2. The zero-order chi connectivity index (χ0) is 27.6. The van der Waals surface area contributed by atoms with E-state index in [9.17, 15) is 14.9 Å². The van der Waals surface area contributed by atoms with E-state index in [1.807, 2.05) is 41.4 Å². The van der Waals surface area contributed by atoms with Crippen molar-refractivity contribution < 1.29 is 9.59 Å². The van der Waals surface area contributed by atoms with Crippen molar-refractivity contribution in [3.05, 3.63) is 97.0 Å². The lowest BCUT2D eigenvalue weighted by atomic mass is 9.97. The standard InChI is InChI=1S/C31H25N7O2/c1-2-29(39)37-21-9-7-19(8-10-21)31(40)38-12-11-22(18-38)36-28-13-24-27(17-35-28)33-15-20(14-32)30(24)25-16-34-26-6-4-3-5-23(25)26/h2-10,13,15-17,22,34H,1,11-12,18H2,(H,35,36)(H,37,39)/t22-/m1/s1. The van der Waals surface area contributed by atoms with Gasteiger partial charge in [-0.1, -0.05) is 24.8 Å². The Morgan fingerprint density at radius 3 is 2.73 bits per heavy atom. The van der Waals surface area contributed by atoms with E-state index < -0.39 is 0 Å². The number of aromatic amines is 1. The van der Waals surface area contributed by atoms with Crippen molar-refractivity contribution >= 4 is 45.1 Å². The van der Waals surface area contributed by atoms with Crippen molar-refractivity contribution in [1.29, 1.82) is 5.26 Å². The van der Waals surface area contributed by atoms with Gasteiger partial charge in [0.25, 0.3) is 5.91 Å². The Morgan fingerprint density at radius 1 is 1.10 bits per heavy atom. The fourth-order valence-corrected chi connectivity index (χ4v) is 5.17. The molecule has 0 saturated carbocycles. The van der Waals surface area contributed by atoms with Crippen LogP contribution >= 0.6 is 0 Å². The first-order valence-corrected chi connectivity index (χ1v) is 12.9. The highest BCUT2D eigenvalue weighted by atomic mass is 16.2. The van der Waals surface area contributed by atoms with E-state index in [0.717, 1.165) is 33.8 Å². The number of nitrogens with one attached hydrogen (secondary N) is 3. The van der Waals surface area contributed by atoms with Crippen LogP contribution in [0.15, 0.2) is 85.8 Å². The van der Waals surface area contributed by atoms with Gasteiger partial charge in [-0.15, -0.1) is 0 Å². The van der Waals surface area contributed by atoms with E-state index in [-0.39, 0.29) is 17.9 Å². The Kier molecular flexibility index (Phi) is 6.42. The number of carbonyl (C=O) groups excluding carboxylic acids is 2. The number of nitriles is 1. The largest absolute Gasteiger partial charge is 0.365 e. The number of amides is 2. The highest BCUT2D eigenvalue weighted by Gasteiger charge is 2.27. The number of likely N-dealkylation sites (tertiary alicyclic amines) is 1. The molecule has 3 N–H and O–H groups in total. The number of carbonyl (C=O) groups is 2. The predicted octanol–water partition coefficient (Wildman–Crippen LogP) is 5.10. The average molecular weight is 528 g/mol. The molecular formula is C31H25N7O2. The summed E-state index contributed by atoms with van der Waals surface area (Å²) in [4.78, 5) is 38.7. The first kappa shape index (κ1) is 24.8. The Balaban J connectivity index is 1.22. The highest BCUT2D eigenvalue weighted by molar-refractivity contribution is 6.06. The Labute approximate surface area is 230 Å². The lowest BCUT2D eigenvalue weighted by molar-refractivity contribution is -0.111. The maximum absolute atomic E-state index is 13.1. The first-order valence-electron chi connectivity index (χ1n) is 12.9. The van der Waals surface area contributed by atoms with Crippen molar-refractivity contribution in [2.24, 2.45) is 0 Å². The van der Waals surface area contributed by atoms with Gasteiger partial charge in [-0.3, -0.25) is 14.6 Å². The second-order valence-corrected chi connectivity index (χ2v) is 9.65. The molecule has 0 radical (unpaired) electrons. The van der Waals surface area contributed by atoms with Crippen molar-refractivity contribution in [3.63, 3.8) is 0 Å². The second-order valence-electron chi connectivity index (χ2n) is 9.65. The van der Waals surface area contributed by atoms with Crippen LogP contribution in [0.2, 0.25) is 0 Å². The molecule has 0 unspecified atom stereocenters. The van der Waals surface area contributed by atoms with Crippen molar-refractivity contribution in [3.8, 4) is 17.2 Å². The minimum absolute atomic E-state index is 0.0173. The summed E-state index contributed by atoms with van der Waals surface area (Å²) in [6.07, 6.45) is 7.19. The molecule has 40 heavy (non-hydrogen) atoms. The quantitative estimate of drug-likeness (QED) is 0.264. The molecular weight excluding hydrogens is 502 g/mol. The molecule has 1 aliphatic rings. The van der Waals surface area contributed by atoms with Crippen LogP contribution in [0.4, 0.5) is 11.5 Å². The van der Waals surface area contributed by atoms with E-state index >= 15 is 0 Å². The number of aromatic nitrogens is 3. The van der Waals surface area contributed by atoms with Gasteiger partial charge in [0.2, 0.25) is 5.91 Å². The molecule has 2 amide bonds. The molecule has 3 aromatic heterocycles. The molecule has 0 spiro atoms. The molecule has 5 aromatic rings. The predicted molar refractivity (Wildman–Crippen MR) is 155 cm³/mol. The topological polar surface area (TPSA) is 127 Å². The van der Waals surface area contributed by atoms with Crippen molar-refractivity contribution in [2.45, 2.75) is 12.5 Å². The van der Waals surface area contributed by atoms with Gasteiger partial charge in [0.1, 0.15) is 11.9 Å². The zero-order valence-electron chi connectivity index (χ0n) is 21.5. The number of hydrogen-bond acceptors (Lipinski definition) is 6. The van der Waals surface area contributed by atoms with Crippen LogP contribution in [0.1, 0.15) is 22.3 Å². The highest BCUT2D eigenvalue weighted by Crippen LogP contribution is 2.36. The summed E-state index contributed by atoms with van der Waals surface area (Å²) in [6, 6.07) is 19.1. The van der Waals surface area contributed by atoms with Gasteiger partial charge in [0, 0.05) is 70.2 Å². The van der Waals surface area contributed by atoms with Crippen LogP contribution in [0.25, 0.3) is 32.9 Å². The third kappa shape index (κ3) is 4.63. The Hall–Kier alpha value is -5.49. The molecule has 9 heteroatoms. The fourth-order valence-electron chi connectivity index (χ4n) is 5.17. The minimum Gasteiger partial charge on any atom is -0.365 e. The van der Waals surface area contributed by atoms with Gasteiger partial charge in [-0.25, -0.2) is 4.98 Å². The molecule has 6 rings (SSSR count). The summed E-state index contributed by atoms with van der Waals surface area (Å²) in [5.41, 5.74) is 5.08. The average Bonchev–Trinajstić information content (AvgIpc) is 3.64. The summed E-state index contributed by atoms with van der Waals surface area (Å²) in [6.45, 7) is 4.58. The van der Waals surface area contributed by atoms with E-state index in [1.165, 1.54) is 6.08 Å². The summed E-state index contributed by atoms with van der Waals surface area (Å²) < 4.78 is 0. The van der Waals surface area contributed by atoms with Crippen LogP contribution in [-0.2, 0) is 4.79 Å². The molecule has 2 aromatic carbocycles. The summed E-state index contributed by atoms with van der Waals surface area (Å²) in [5.74, 6) is 0.289. The second kappa shape index (κ2) is 10.3. The zero-order valence-corrected chi connectivity index (χ0v) is 21.5. The van der Waals surface area contributed by atoms with Crippen LogP contribution < -0.4 is 10.6 Å². The van der Waals surface area contributed by atoms with Gasteiger partial charge in [-0.05, 0) is 48.9 Å². The number of rotatable bonds is 6. The molecule has 9 nitrogen and oxygen atoms in total. The van der Waals surface area contributed by atoms with E-state index in [2.05, 4.69) is 38.2 Å². The monoisotopic (exact) mass is 527 g/mol. The van der Waals surface area contributed by atoms with Crippen LogP contribution in [0, 0.1) is 11.3 Å². The van der Waals surface area contributed by atoms with Gasteiger partial charge in [0.05, 0.1) is 17.3 Å². The molecule has 4 heterocycles. The van der Waals surface area contributed by atoms with Crippen LogP contribution in [0.3, 0.4) is 0 Å². The molecule has 1 atom stereocenters. The minimum atomic E-state index is -0.303. The van der Waals surface area contributed by atoms with Gasteiger partial charge >= 0.3 is 0 Å². The van der Waals surface area contributed by atoms with E-state index in [1.54, 1.807) is 36.7 Å². The maximum Gasteiger partial charge on any atom is 0.253 e. The number of anilines is 2. The lowest BCUT2D eigenvalue weighted by Gasteiger charge is -2.18. The summed E-state index contributed by atoms with van der Waals surface area (Å²) in [5, 5.41) is 17.9. The number of para-hydroxylation sites is 1. The molecule has 1 aliphatic heterocycles. The normalized spacial score (nSPS) is 14.7. The Morgan fingerprint density at radius 2 is 1.93 bits per heavy atom. The number of H-pyrrole nitrogens is 1. The van der Waals surface area contributed by atoms with E-state index in [4.69, 9.17) is 0 Å². The van der Waals surface area contributed by atoms with Gasteiger partial charge in [0.15, 0.2) is 0 Å². The third-order valence-corrected chi connectivity index (χ3v) is 7.15. The lowest BCUT2D eigenvalue weighted by Crippen LogP contribution is -2.31. The number of hydrogen-bond donors (Lipinski definition) is 3. The van der Waals surface area contributed by atoms with Crippen molar-refractivity contribution in [1.82, 2.24) is 19.9 Å². The number of pyridine rings is 2. The summed E-state index contributed by atoms with van der Waals surface area (Å²) in [7, 11) is 0. The van der Waals surface area contributed by atoms with Gasteiger partial charge < -0.3 is 20.5 Å². The van der Waals surface area contributed by atoms with Crippen LogP contribution in [-0.4, -0.2) is 50.8 Å². The smallest absolute Gasteiger partial charge is 0.253 e. The molecule has 196 valence electrons. The molecule has 0 aliphatic carbocycles. The fraction of sp³-hybridized carbons (Fsp3) is 0.129. The molecule has 0 bridgehead atoms. The van der Waals surface area contributed by atoms with Crippen molar-refractivity contribution in [2.75, 3.05) is 23.7 Å². The van der Waals surface area contributed by atoms with Crippen LogP contribution in [0.5, 0.6) is 0 Å². The van der Waals surface area contributed by atoms with Gasteiger partial charge in [-0.2, -0.15) is 5.26 Å². The first-order chi connectivity index (χ1) is 19.5. The number of nitrogens with zero attached hydrogens (tertiary/aromatic N) is 4. The summed E-state index contributed by atoms with van der Waals surface area (Å²) >= 11 is 0. The molecule has 1 fully saturated rings. The maximum atomic E-state index is 13.1.